The van der Waals surface area contributed by atoms with Crippen LogP contribution in [-0.2, 0) is 9.13 Å². The van der Waals surface area contributed by atoms with Gasteiger partial charge in [-0.25, -0.2) is 0 Å². The van der Waals surface area contributed by atoms with Gasteiger partial charge in [0.2, 0.25) is 0 Å². The molecule has 0 aliphatic rings. The van der Waals surface area contributed by atoms with E-state index in [4.69, 9.17) is 9.79 Å². The molecule has 6 heteroatoms. The molecule has 0 aliphatic heterocycles. The molecule has 0 aromatic rings. The monoisotopic (exact) mass is 238 g/mol. The van der Waals surface area contributed by atoms with E-state index in [2.05, 4.69) is 5.63 Å². The van der Waals surface area contributed by atoms with Gasteiger partial charge in [0.15, 0.2) is 0 Å². The normalized spacial score (nSPS) is 11.0. The van der Waals surface area contributed by atoms with Gasteiger partial charge in [-0.1, -0.05) is 0 Å². The van der Waals surface area contributed by atoms with Crippen molar-refractivity contribution in [3.8, 4) is 5.63 Å². The predicted octanol–water partition coefficient (Wildman–Crippen LogP) is 2.76. The van der Waals surface area contributed by atoms with Gasteiger partial charge < -0.3 is 0 Å². The van der Waals surface area contributed by atoms with Crippen LogP contribution in [0.25, 0.3) is 0 Å². The molecule has 2 N–H and O–H groups in total. The van der Waals surface area contributed by atoms with Crippen molar-refractivity contribution in [3.05, 3.63) is 0 Å². The van der Waals surface area contributed by atoms with Gasteiger partial charge in [-0.05, 0) is 0 Å². The van der Waals surface area contributed by atoms with E-state index in [-0.39, 0.29) is 14.1 Å². The summed E-state index contributed by atoms with van der Waals surface area (Å²) in [7, 11) is -3.82. The molecule has 0 aromatic carbocycles. The maximum atomic E-state index is 10.5. The first-order chi connectivity index (χ1) is 6.56. The third kappa shape index (κ3) is 12.2. The molecule has 0 unspecified atom stereocenters. The zero-order chi connectivity index (χ0) is 10.9. The van der Waals surface area contributed by atoms with E-state index in [0.29, 0.717) is 6.42 Å². The van der Waals surface area contributed by atoms with Crippen molar-refractivity contribution in [1.82, 2.24) is 0 Å². The number of unbranched alkanes of at least 4 members (excludes halogenated alkanes) is 5. The minimum atomic E-state index is -3.79. The minimum absolute atomic E-state index is 0.00950. The second kappa shape index (κ2) is 8.47. The predicted molar refractivity (Wildman–Crippen MR) is 56.1 cm³/mol. The average Bonchev–Trinajstić information content (AvgIpc) is 2.08. The zero-order valence-electron chi connectivity index (χ0n) is 8.06. The standard InChI is InChI=1S/C8H16O4P2/c9-13-7-5-3-1-2-4-6-8-14(10,11)12/h1-6,8H2,(H2,10,11,12). The Kier molecular flexibility index (Phi) is 8.56. The Balaban J connectivity index is 3.17. The molecule has 0 aromatic heterocycles. The van der Waals surface area contributed by atoms with Gasteiger partial charge in [0.25, 0.3) is 0 Å². The molecule has 0 saturated carbocycles. The first-order valence-electron chi connectivity index (χ1n) is 4.66. The van der Waals surface area contributed by atoms with Crippen molar-refractivity contribution < 1.29 is 18.9 Å². The quantitative estimate of drug-likeness (QED) is 0.528. The molecule has 0 saturated heterocycles. The molecular weight excluding hydrogens is 222 g/mol. The summed E-state index contributed by atoms with van der Waals surface area (Å²) in [6, 6.07) is 0. The van der Waals surface area contributed by atoms with Crippen molar-refractivity contribution >= 4 is 15.5 Å². The topological polar surface area (TPSA) is 74.6 Å². The van der Waals surface area contributed by atoms with Crippen LogP contribution in [0.3, 0.4) is 0 Å². The van der Waals surface area contributed by atoms with E-state index in [9.17, 15) is 9.13 Å². The summed E-state index contributed by atoms with van der Waals surface area (Å²) < 4.78 is 20.4. The van der Waals surface area contributed by atoms with Crippen LogP contribution in [-0.4, -0.2) is 15.9 Å². The fourth-order valence-electron chi connectivity index (χ4n) is 1.10. The Labute approximate surface area is 85.4 Å². The first-order valence-corrected chi connectivity index (χ1v) is 7.27. The Morgan fingerprint density at radius 3 is 2.21 bits per heavy atom. The molecule has 0 atom stereocenters. The molecule has 82 valence electrons. The van der Waals surface area contributed by atoms with Crippen LogP contribution in [0.2, 0.25) is 0 Å². The van der Waals surface area contributed by atoms with Gasteiger partial charge in [-0.2, -0.15) is 0 Å². The summed E-state index contributed by atoms with van der Waals surface area (Å²) in [6.45, 7) is 0. The SMILES string of the molecule is O=P#CCCCCCCCP(=O)(O)O. The summed E-state index contributed by atoms with van der Waals surface area (Å²) in [5.74, 6) is 0. The van der Waals surface area contributed by atoms with Gasteiger partial charge in [-0.15, -0.1) is 0 Å². The van der Waals surface area contributed by atoms with Gasteiger partial charge in [0.1, 0.15) is 0 Å². The Morgan fingerprint density at radius 1 is 1.07 bits per heavy atom. The van der Waals surface area contributed by atoms with E-state index >= 15 is 0 Å². The average molecular weight is 238 g/mol. The molecular formula is C8H16O4P2. The van der Waals surface area contributed by atoms with Crippen molar-refractivity contribution in [2.75, 3.05) is 6.16 Å². The zero-order valence-corrected chi connectivity index (χ0v) is 9.84. The van der Waals surface area contributed by atoms with E-state index in [0.717, 1.165) is 32.1 Å². The fourth-order valence-corrected chi connectivity index (χ4v) is 1.98. The van der Waals surface area contributed by atoms with E-state index in [1.807, 2.05) is 0 Å². The number of hydrogen-bond donors (Lipinski definition) is 2. The summed E-state index contributed by atoms with van der Waals surface area (Å²) in [5, 5.41) is 0. The number of hydrogen-bond acceptors (Lipinski definition) is 2. The van der Waals surface area contributed by atoms with Crippen molar-refractivity contribution in [2.45, 2.75) is 38.5 Å². The molecule has 4 nitrogen and oxygen atoms in total. The van der Waals surface area contributed by atoms with Gasteiger partial charge in [0, 0.05) is 0 Å². The Morgan fingerprint density at radius 2 is 1.64 bits per heavy atom. The molecule has 14 heavy (non-hydrogen) atoms. The molecule has 0 bridgehead atoms. The van der Waals surface area contributed by atoms with Crippen LogP contribution in [0.5, 0.6) is 0 Å². The van der Waals surface area contributed by atoms with Crippen LogP contribution in [0, 0.1) is 5.63 Å². The molecule has 0 spiro atoms. The van der Waals surface area contributed by atoms with E-state index in [1.54, 1.807) is 0 Å². The van der Waals surface area contributed by atoms with Gasteiger partial charge >= 0.3 is 84.7 Å². The summed E-state index contributed by atoms with van der Waals surface area (Å²) in [4.78, 5) is 17.1. The molecule has 0 fully saturated rings. The summed E-state index contributed by atoms with van der Waals surface area (Å²) >= 11 is 0. The van der Waals surface area contributed by atoms with Crippen LogP contribution >= 0.6 is 15.5 Å². The summed E-state index contributed by atoms with van der Waals surface area (Å²) in [6.07, 6.45) is 5.07. The molecule has 0 radical (unpaired) electrons. The van der Waals surface area contributed by atoms with E-state index < -0.39 is 7.60 Å². The second-order valence-electron chi connectivity index (χ2n) is 3.16. The molecule has 0 heterocycles. The van der Waals surface area contributed by atoms with Crippen LogP contribution in [0.4, 0.5) is 0 Å². The van der Waals surface area contributed by atoms with Crippen LogP contribution < -0.4 is 0 Å². The molecule has 0 amide bonds. The second-order valence-corrected chi connectivity index (χ2v) is 5.43. The third-order valence-corrected chi connectivity index (χ3v) is 3.05. The Hall–Kier alpha value is 0.160. The maximum absolute atomic E-state index is 10.5. The van der Waals surface area contributed by atoms with Crippen molar-refractivity contribution in [3.63, 3.8) is 0 Å². The van der Waals surface area contributed by atoms with Gasteiger partial charge in [-0.3, -0.25) is 0 Å². The number of rotatable bonds is 7. The van der Waals surface area contributed by atoms with Crippen LogP contribution in [0.1, 0.15) is 38.5 Å². The van der Waals surface area contributed by atoms with Crippen molar-refractivity contribution in [1.29, 1.82) is 0 Å². The van der Waals surface area contributed by atoms with Gasteiger partial charge in [0.05, 0.1) is 0 Å². The molecule has 0 aliphatic carbocycles. The first kappa shape index (κ1) is 14.2. The third-order valence-electron chi connectivity index (χ3n) is 1.80. The summed E-state index contributed by atoms with van der Waals surface area (Å²) in [5.41, 5.74) is 2.66. The van der Waals surface area contributed by atoms with Crippen LogP contribution in [0.15, 0.2) is 0 Å². The van der Waals surface area contributed by atoms with E-state index in [1.165, 1.54) is 0 Å². The fraction of sp³-hybridized carbons (Fsp3) is 0.875. The van der Waals surface area contributed by atoms with Crippen molar-refractivity contribution in [2.24, 2.45) is 0 Å². The molecule has 0 rings (SSSR count). The Bertz CT molecular complexity index is 277.